The molecule has 0 atom stereocenters. The number of rotatable bonds is 2. The summed E-state index contributed by atoms with van der Waals surface area (Å²) >= 11 is 0. The molecule has 15 heavy (non-hydrogen) atoms. The van der Waals surface area contributed by atoms with E-state index in [1.807, 2.05) is 6.92 Å². The maximum atomic E-state index is 11.7. The Hall–Kier alpha value is -1.34. The largest absolute Gasteiger partial charge is 0.237 e. The Bertz CT molecular complexity index is 478. The summed E-state index contributed by atoms with van der Waals surface area (Å²) < 4.78 is 34.8. The zero-order chi connectivity index (χ0) is 11.3. The third-order valence-corrected chi connectivity index (χ3v) is 3.35. The van der Waals surface area contributed by atoms with Crippen LogP contribution in [0.1, 0.15) is 5.56 Å². The van der Waals surface area contributed by atoms with Crippen LogP contribution in [0.3, 0.4) is 0 Å². The number of hydrogen-bond acceptors (Lipinski definition) is 2. The molecule has 0 aliphatic rings. The molecule has 0 aliphatic heterocycles. The molecule has 0 aliphatic carbocycles. The van der Waals surface area contributed by atoms with Crippen molar-refractivity contribution < 1.29 is 12.8 Å². The molecule has 0 spiro atoms. The van der Waals surface area contributed by atoms with Crippen LogP contribution in [-0.4, -0.2) is 20.8 Å². The minimum Gasteiger partial charge on any atom is -0.237 e. The van der Waals surface area contributed by atoms with Crippen LogP contribution >= 0.6 is 0 Å². The van der Waals surface area contributed by atoms with Crippen molar-refractivity contribution in [3.63, 3.8) is 0 Å². The fourth-order valence-corrected chi connectivity index (χ4v) is 2.03. The van der Waals surface area contributed by atoms with Crippen molar-refractivity contribution in [2.24, 2.45) is 0 Å². The molecule has 4 heteroatoms. The quantitative estimate of drug-likeness (QED) is 0.720. The van der Waals surface area contributed by atoms with E-state index in [9.17, 15) is 12.8 Å². The summed E-state index contributed by atoms with van der Waals surface area (Å²) in [4.78, 5) is 0.223. The predicted octanol–water partition coefficient (Wildman–Crippen LogP) is 1.74. The van der Waals surface area contributed by atoms with Gasteiger partial charge in [0.1, 0.15) is 12.4 Å². The van der Waals surface area contributed by atoms with E-state index in [1.165, 1.54) is 12.1 Å². The highest BCUT2D eigenvalue weighted by molar-refractivity contribution is 7.91. The first-order valence-corrected chi connectivity index (χ1v) is 6.02. The lowest BCUT2D eigenvalue weighted by Crippen LogP contribution is -2.04. The van der Waals surface area contributed by atoms with E-state index < -0.39 is 16.5 Å². The molecule has 0 saturated carbocycles. The number of sulfone groups is 1. The topological polar surface area (TPSA) is 34.1 Å². The van der Waals surface area contributed by atoms with Gasteiger partial charge in [-0.25, -0.2) is 12.8 Å². The van der Waals surface area contributed by atoms with E-state index in [0.29, 0.717) is 0 Å². The molecule has 0 bridgehead atoms. The van der Waals surface area contributed by atoms with Gasteiger partial charge in [0.15, 0.2) is 9.84 Å². The highest BCUT2D eigenvalue weighted by Gasteiger charge is 2.11. The molecular formula is C11H11FO2S. The van der Waals surface area contributed by atoms with Crippen molar-refractivity contribution in [1.29, 1.82) is 0 Å². The van der Waals surface area contributed by atoms with Crippen molar-refractivity contribution in [2.45, 2.75) is 11.8 Å². The van der Waals surface area contributed by atoms with Crippen LogP contribution in [0.4, 0.5) is 4.39 Å². The summed E-state index contributed by atoms with van der Waals surface area (Å²) in [5.41, 5.74) is 0.990. The fourth-order valence-electron chi connectivity index (χ4n) is 1.02. The Morgan fingerprint density at radius 3 is 2.33 bits per heavy atom. The first-order valence-electron chi connectivity index (χ1n) is 4.37. The minimum atomic E-state index is -3.39. The van der Waals surface area contributed by atoms with Gasteiger partial charge in [0.25, 0.3) is 0 Å². The van der Waals surface area contributed by atoms with Gasteiger partial charge in [0.05, 0.1) is 4.90 Å². The van der Waals surface area contributed by atoms with Gasteiger partial charge in [-0.05, 0) is 19.1 Å². The van der Waals surface area contributed by atoms with Gasteiger partial charge in [-0.1, -0.05) is 29.5 Å². The Labute approximate surface area is 89.0 Å². The lowest BCUT2D eigenvalue weighted by Gasteiger charge is -2.00. The maximum absolute atomic E-state index is 11.7. The van der Waals surface area contributed by atoms with Crippen LogP contribution in [0.15, 0.2) is 29.2 Å². The number of hydrogen-bond donors (Lipinski definition) is 0. The molecule has 0 heterocycles. The second-order valence-electron chi connectivity index (χ2n) is 3.06. The van der Waals surface area contributed by atoms with Crippen molar-refractivity contribution in [2.75, 3.05) is 12.4 Å². The van der Waals surface area contributed by atoms with Crippen LogP contribution in [0.5, 0.6) is 0 Å². The van der Waals surface area contributed by atoms with Crippen molar-refractivity contribution in [1.82, 2.24) is 0 Å². The standard InChI is InChI=1S/C11H11FO2S/c1-10-4-6-11(7-5-10)15(13,14)9-3-2-8-12/h4-7H,8-9H2,1H3. The lowest BCUT2D eigenvalue weighted by molar-refractivity contribution is 0.573. The summed E-state index contributed by atoms with van der Waals surface area (Å²) in [6.07, 6.45) is 0. The zero-order valence-electron chi connectivity index (χ0n) is 8.33. The monoisotopic (exact) mass is 226 g/mol. The lowest BCUT2D eigenvalue weighted by atomic mass is 10.2. The first-order chi connectivity index (χ1) is 7.06. The molecule has 0 radical (unpaired) electrons. The Kier molecular flexibility index (Phi) is 3.87. The molecule has 0 N–H and O–H groups in total. The highest BCUT2D eigenvalue weighted by Crippen LogP contribution is 2.11. The number of alkyl halides is 1. The third kappa shape index (κ3) is 3.37. The van der Waals surface area contributed by atoms with Gasteiger partial charge < -0.3 is 0 Å². The molecule has 0 aromatic heterocycles. The third-order valence-electron chi connectivity index (χ3n) is 1.83. The maximum Gasteiger partial charge on any atom is 0.189 e. The van der Waals surface area contributed by atoms with Crippen molar-refractivity contribution >= 4 is 9.84 Å². The molecule has 80 valence electrons. The van der Waals surface area contributed by atoms with Crippen LogP contribution < -0.4 is 0 Å². The van der Waals surface area contributed by atoms with Crippen LogP contribution in [-0.2, 0) is 9.84 Å². The fraction of sp³-hybridized carbons (Fsp3) is 0.273. The number of aryl methyl sites for hydroxylation is 1. The molecule has 0 unspecified atom stereocenters. The molecule has 0 fully saturated rings. The zero-order valence-corrected chi connectivity index (χ0v) is 9.14. The number of halogens is 1. The van der Waals surface area contributed by atoms with E-state index in [1.54, 1.807) is 12.1 Å². The average Bonchev–Trinajstić information content (AvgIpc) is 2.18. The van der Waals surface area contributed by atoms with Gasteiger partial charge in [0.2, 0.25) is 0 Å². The Morgan fingerprint density at radius 1 is 1.20 bits per heavy atom. The van der Waals surface area contributed by atoms with Crippen LogP contribution in [0, 0.1) is 18.8 Å². The second kappa shape index (κ2) is 4.94. The van der Waals surface area contributed by atoms with E-state index in [-0.39, 0.29) is 10.6 Å². The smallest absolute Gasteiger partial charge is 0.189 e. The average molecular weight is 226 g/mol. The highest BCUT2D eigenvalue weighted by atomic mass is 32.2. The molecule has 1 rings (SSSR count). The van der Waals surface area contributed by atoms with Gasteiger partial charge in [0, 0.05) is 0 Å². The van der Waals surface area contributed by atoms with Crippen molar-refractivity contribution in [3.05, 3.63) is 29.8 Å². The second-order valence-corrected chi connectivity index (χ2v) is 5.05. The van der Waals surface area contributed by atoms with Gasteiger partial charge in [-0.3, -0.25) is 0 Å². The summed E-state index contributed by atoms with van der Waals surface area (Å²) in [6.45, 7) is 1.06. The summed E-state index contributed by atoms with van der Waals surface area (Å²) in [6, 6.07) is 6.49. The van der Waals surface area contributed by atoms with Gasteiger partial charge in [-0.15, -0.1) is 0 Å². The summed E-state index contributed by atoms with van der Waals surface area (Å²) in [5.74, 6) is 4.03. The first kappa shape index (κ1) is 11.7. The normalized spacial score (nSPS) is 10.5. The van der Waals surface area contributed by atoms with Gasteiger partial charge in [-0.2, -0.15) is 0 Å². The molecule has 1 aromatic rings. The van der Waals surface area contributed by atoms with E-state index in [4.69, 9.17) is 0 Å². The predicted molar refractivity (Wildman–Crippen MR) is 57.0 cm³/mol. The SMILES string of the molecule is Cc1ccc(S(=O)(=O)CC#CCF)cc1. The molecule has 0 saturated heterocycles. The molecule has 0 amide bonds. The summed E-state index contributed by atoms with van der Waals surface area (Å²) in [7, 11) is -3.39. The molecule has 1 aromatic carbocycles. The molecule has 2 nitrogen and oxygen atoms in total. The van der Waals surface area contributed by atoms with E-state index in [2.05, 4.69) is 11.8 Å². The minimum absolute atomic E-state index is 0.223. The van der Waals surface area contributed by atoms with Crippen LogP contribution in [0.25, 0.3) is 0 Å². The van der Waals surface area contributed by atoms with E-state index >= 15 is 0 Å². The Morgan fingerprint density at radius 2 is 1.80 bits per heavy atom. The number of benzene rings is 1. The Balaban J connectivity index is 2.91. The molecular weight excluding hydrogens is 215 g/mol. The van der Waals surface area contributed by atoms with Crippen molar-refractivity contribution in [3.8, 4) is 11.8 Å². The summed E-state index contributed by atoms with van der Waals surface area (Å²) in [5, 5.41) is 0. The van der Waals surface area contributed by atoms with Gasteiger partial charge >= 0.3 is 0 Å². The van der Waals surface area contributed by atoms with E-state index in [0.717, 1.165) is 5.56 Å². The van der Waals surface area contributed by atoms with Crippen LogP contribution in [0.2, 0.25) is 0 Å².